The lowest BCUT2D eigenvalue weighted by Gasteiger charge is -2.32. The Kier molecular flexibility index (Phi) is 4.37. The first kappa shape index (κ1) is 15.3. The number of piperidine rings is 1. The molecule has 5 nitrogen and oxygen atoms in total. The molecule has 2 fully saturated rings. The minimum Gasteiger partial charge on any atom is -0.481 e. The van der Waals surface area contributed by atoms with Gasteiger partial charge in [0.15, 0.2) is 0 Å². The third kappa shape index (κ3) is 2.97. The zero-order valence-electron chi connectivity index (χ0n) is 12.7. The molecule has 20 heavy (non-hydrogen) atoms. The number of carboxylic acid groups (broad SMARTS) is 1. The minimum absolute atomic E-state index is 0.0728. The quantitative estimate of drug-likeness (QED) is 0.798. The standard InChI is InChI=1S/C15H26N2O3/c1-4-7-17-8-5-10(6-9-17)16-13(18)11-12(14(19)20)15(11,2)3/h10-12H,4-9H2,1-3H3,(H,16,18)(H,19,20)/t11-,12+/m1/s1. The molecule has 1 aliphatic carbocycles. The molecule has 2 N–H and O–H groups in total. The summed E-state index contributed by atoms with van der Waals surface area (Å²) in [5.74, 6) is -1.82. The maximum atomic E-state index is 12.2. The van der Waals surface area contributed by atoms with Crippen molar-refractivity contribution >= 4 is 11.9 Å². The summed E-state index contributed by atoms with van der Waals surface area (Å²) < 4.78 is 0. The van der Waals surface area contributed by atoms with Crippen molar-refractivity contribution < 1.29 is 14.7 Å². The van der Waals surface area contributed by atoms with Crippen LogP contribution in [0.3, 0.4) is 0 Å². The number of carbonyl (C=O) groups is 2. The topological polar surface area (TPSA) is 69.6 Å². The maximum absolute atomic E-state index is 12.2. The van der Waals surface area contributed by atoms with Crippen LogP contribution in [0.25, 0.3) is 0 Å². The van der Waals surface area contributed by atoms with E-state index < -0.39 is 17.3 Å². The van der Waals surface area contributed by atoms with Crippen molar-refractivity contribution in [3.63, 3.8) is 0 Å². The predicted octanol–water partition coefficient (Wildman–Crippen LogP) is 1.33. The van der Waals surface area contributed by atoms with Crippen LogP contribution in [0.1, 0.15) is 40.0 Å². The third-order valence-corrected chi connectivity index (χ3v) is 4.85. The van der Waals surface area contributed by atoms with E-state index in [2.05, 4.69) is 17.1 Å². The van der Waals surface area contributed by atoms with Crippen molar-refractivity contribution in [1.82, 2.24) is 10.2 Å². The molecule has 0 aromatic rings. The lowest BCUT2D eigenvalue weighted by atomic mass is 10.0. The Hall–Kier alpha value is -1.10. The van der Waals surface area contributed by atoms with Gasteiger partial charge in [-0.1, -0.05) is 20.8 Å². The first-order valence-electron chi connectivity index (χ1n) is 7.63. The van der Waals surface area contributed by atoms with Crippen molar-refractivity contribution in [2.75, 3.05) is 19.6 Å². The summed E-state index contributed by atoms with van der Waals surface area (Å²) in [5.41, 5.74) is -0.404. The number of nitrogens with one attached hydrogen (secondary N) is 1. The van der Waals surface area contributed by atoms with Crippen LogP contribution in [-0.2, 0) is 9.59 Å². The number of hydrogen-bond donors (Lipinski definition) is 2. The normalized spacial score (nSPS) is 29.9. The summed E-state index contributed by atoms with van der Waals surface area (Å²) in [5, 5.41) is 12.2. The predicted molar refractivity (Wildman–Crippen MR) is 76.3 cm³/mol. The molecule has 1 saturated carbocycles. The number of aliphatic carboxylic acids is 1. The van der Waals surface area contributed by atoms with Gasteiger partial charge >= 0.3 is 5.97 Å². The van der Waals surface area contributed by atoms with Gasteiger partial charge in [0, 0.05) is 19.1 Å². The SMILES string of the molecule is CCCN1CCC(NC(=O)[C@H]2[C@@H](C(=O)O)C2(C)C)CC1. The molecule has 2 aliphatic rings. The summed E-state index contributed by atoms with van der Waals surface area (Å²) in [7, 11) is 0. The second kappa shape index (κ2) is 5.72. The van der Waals surface area contributed by atoms with Gasteiger partial charge in [-0.3, -0.25) is 9.59 Å². The number of amides is 1. The van der Waals surface area contributed by atoms with Crippen LogP contribution < -0.4 is 5.32 Å². The maximum Gasteiger partial charge on any atom is 0.307 e. The third-order valence-electron chi connectivity index (χ3n) is 4.85. The minimum atomic E-state index is -0.854. The van der Waals surface area contributed by atoms with E-state index in [1.54, 1.807) is 0 Å². The number of rotatable bonds is 5. The first-order valence-corrected chi connectivity index (χ1v) is 7.63. The molecule has 1 aliphatic heterocycles. The van der Waals surface area contributed by atoms with Crippen molar-refractivity contribution in [2.24, 2.45) is 17.3 Å². The lowest BCUT2D eigenvalue weighted by Crippen LogP contribution is -2.45. The van der Waals surface area contributed by atoms with E-state index in [9.17, 15) is 9.59 Å². The molecule has 0 radical (unpaired) electrons. The summed E-state index contributed by atoms with van der Waals surface area (Å²) in [6.07, 6.45) is 3.10. The number of carboxylic acids is 1. The van der Waals surface area contributed by atoms with Gasteiger partial charge < -0.3 is 15.3 Å². The Morgan fingerprint density at radius 1 is 1.25 bits per heavy atom. The van der Waals surface area contributed by atoms with Crippen LogP contribution in [0.4, 0.5) is 0 Å². The van der Waals surface area contributed by atoms with Crippen LogP contribution in [0.5, 0.6) is 0 Å². The summed E-state index contributed by atoms with van der Waals surface area (Å²) in [4.78, 5) is 25.8. The van der Waals surface area contributed by atoms with E-state index in [1.165, 1.54) is 0 Å². The fourth-order valence-electron chi connectivity index (χ4n) is 3.50. The van der Waals surface area contributed by atoms with Gasteiger partial charge in [0.1, 0.15) is 0 Å². The van der Waals surface area contributed by atoms with Gasteiger partial charge in [-0.25, -0.2) is 0 Å². The molecule has 0 aromatic carbocycles. The molecule has 1 amide bonds. The van der Waals surface area contributed by atoms with Crippen molar-refractivity contribution in [2.45, 2.75) is 46.1 Å². The molecule has 2 atom stereocenters. The second-order valence-corrected chi connectivity index (χ2v) is 6.74. The molecule has 114 valence electrons. The zero-order chi connectivity index (χ0) is 14.9. The van der Waals surface area contributed by atoms with E-state index >= 15 is 0 Å². The smallest absolute Gasteiger partial charge is 0.307 e. The van der Waals surface area contributed by atoms with Gasteiger partial charge in [-0.15, -0.1) is 0 Å². The Morgan fingerprint density at radius 3 is 2.30 bits per heavy atom. The molecule has 0 spiro atoms. The van der Waals surface area contributed by atoms with Crippen LogP contribution >= 0.6 is 0 Å². The summed E-state index contributed by atoms with van der Waals surface area (Å²) in [6, 6.07) is 0.210. The number of hydrogen-bond acceptors (Lipinski definition) is 3. The number of carbonyl (C=O) groups excluding carboxylic acids is 1. The van der Waals surface area contributed by atoms with Crippen molar-refractivity contribution in [3.05, 3.63) is 0 Å². The largest absolute Gasteiger partial charge is 0.481 e. The Morgan fingerprint density at radius 2 is 1.85 bits per heavy atom. The highest BCUT2D eigenvalue weighted by Crippen LogP contribution is 2.58. The van der Waals surface area contributed by atoms with Gasteiger partial charge in [-0.05, 0) is 31.2 Å². The number of nitrogens with zero attached hydrogens (tertiary/aromatic N) is 1. The van der Waals surface area contributed by atoms with E-state index in [-0.39, 0.29) is 17.9 Å². The van der Waals surface area contributed by atoms with Crippen LogP contribution in [0.2, 0.25) is 0 Å². The molecular weight excluding hydrogens is 256 g/mol. The van der Waals surface area contributed by atoms with E-state index in [0.29, 0.717) is 0 Å². The monoisotopic (exact) mass is 282 g/mol. The average molecular weight is 282 g/mol. The van der Waals surface area contributed by atoms with Crippen LogP contribution in [-0.4, -0.2) is 47.6 Å². The van der Waals surface area contributed by atoms with Crippen molar-refractivity contribution in [1.29, 1.82) is 0 Å². The molecule has 0 unspecified atom stereocenters. The molecule has 5 heteroatoms. The lowest BCUT2D eigenvalue weighted by molar-refractivity contribution is -0.140. The Labute approximate surface area is 120 Å². The van der Waals surface area contributed by atoms with Gasteiger partial charge in [0.05, 0.1) is 11.8 Å². The van der Waals surface area contributed by atoms with Crippen LogP contribution in [0.15, 0.2) is 0 Å². The average Bonchev–Trinajstić information content (AvgIpc) is 2.95. The fraction of sp³-hybridized carbons (Fsp3) is 0.867. The van der Waals surface area contributed by atoms with Gasteiger partial charge in [-0.2, -0.15) is 0 Å². The highest BCUT2D eigenvalue weighted by molar-refractivity contribution is 5.91. The van der Waals surface area contributed by atoms with E-state index in [4.69, 9.17) is 5.11 Å². The zero-order valence-corrected chi connectivity index (χ0v) is 12.7. The molecule has 0 bridgehead atoms. The van der Waals surface area contributed by atoms with Crippen molar-refractivity contribution in [3.8, 4) is 0 Å². The Bertz CT molecular complexity index is 387. The first-order chi connectivity index (χ1) is 9.37. The van der Waals surface area contributed by atoms with Gasteiger partial charge in [0.2, 0.25) is 5.91 Å². The molecule has 0 aromatic heterocycles. The fourth-order valence-corrected chi connectivity index (χ4v) is 3.50. The second-order valence-electron chi connectivity index (χ2n) is 6.74. The summed E-state index contributed by atoms with van der Waals surface area (Å²) >= 11 is 0. The summed E-state index contributed by atoms with van der Waals surface area (Å²) in [6.45, 7) is 9.07. The van der Waals surface area contributed by atoms with E-state index in [0.717, 1.165) is 38.9 Å². The molecular formula is C15H26N2O3. The van der Waals surface area contributed by atoms with Gasteiger partial charge in [0.25, 0.3) is 0 Å². The molecule has 2 rings (SSSR count). The van der Waals surface area contributed by atoms with Crippen LogP contribution in [0, 0.1) is 17.3 Å². The number of likely N-dealkylation sites (tertiary alicyclic amines) is 1. The highest BCUT2D eigenvalue weighted by Gasteiger charge is 2.65. The van der Waals surface area contributed by atoms with E-state index in [1.807, 2.05) is 13.8 Å². The molecule has 1 heterocycles. The highest BCUT2D eigenvalue weighted by atomic mass is 16.4. The molecule has 1 saturated heterocycles. The Balaban J connectivity index is 1.81.